The number of fused-ring (bicyclic) bond motifs is 1. The van der Waals surface area contributed by atoms with Gasteiger partial charge in [0.15, 0.2) is 6.61 Å². The Labute approximate surface area is 169 Å². The summed E-state index contributed by atoms with van der Waals surface area (Å²) < 4.78 is 5.11. The Morgan fingerprint density at radius 3 is 2.31 bits per heavy atom. The van der Waals surface area contributed by atoms with Crippen molar-refractivity contribution >= 4 is 34.2 Å². The Bertz CT molecular complexity index is 1040. The molecule has 1 N–H and O–H groups in total. The second-order valence-electron chi connectivity index (χ2n) is 6.80. The van der Waals surface area contributed by atoms with Gasteiger partial charge in [0.25, 0.3) is 11.8 Å². The summed E-state index contributed by atoms with van der Waals surface area (Å²) in [5, 5.41) is 4.68. The highest BCUT2D eigenvalue weighted by atomic mass is 16.5. The zero-order valence-corrected chi connectivity index (χ0v) is 16.3. The monoisotopic (exact) mass is 390 g/mol. The third-order valence-electron chi connectivity index (χ3n) is 4.40. The van der Waals surface area contributed by atoms with Gasteiger partial charge in [-0.1, -0.05) is 42.5 Å². The van der Waals surface area contributed by atoms with E-state index < -0.39 is 11.9 Å². The van der Waals surface area contributed by atoms with Crippen LogP contribution in [0.3, 0.4) is 0 Å². The van der Waals surface area contributed by atoms with Crippen LogP contribution in [-0.2, 0) is 20.7 Å². The summed E-state index contributed by atoms with van der Waals surface area (Å²) in [6.45, 7) is -0.373. The fourth-order valence-corrected chi connectivity index (χ4v) is 2.95. The lowest BCUT2D eigenvalue weighted by molar-refractivity contribution is -0.146. The van der Waals surface area contributed by atoms with E-state index in [0.717, 1.165) is 16.3 Å². The van der Waals surface area contributed by atoms with Crippen LogP contribution in [0.5, 0.6) is 0 Å². The summed E-state index contributed by atoms with van der Waals surface area (Å²) >= 11 is 0. The third-order valence-corrected chi connectivity index (χ3v) is 4.40. The second-order valence-corrected chi connectivity index (χ2v) is 6.80. The average Bonchev–Trinajstić information content (AvgIpc) is 2.72. The first-order valence-corrected chi connectivity index (χ1v) is 9.18. The van der Waals surface area contributed by atoms with Crippen LogP contribution in [0.15, 0.2) is 66.7 Å². The number of hydrogen-bond acceptors (Lipinski definition) is 4. The number of hydrogen-bond donors (Lipinski definition) is 1. The number of benzene rings is 3. The molecule has 0 atom stereocenters. The number of rotatable bonds is 6. The van der Waals surface area contributed by atoms with Gasteiger partial charge in [-0.15, -0.1) is 0 Å². The third kappa shape index (κ3) is 5.19. The van der Waals surface area contributed by atoms with E-state index >= 15 is 0 Å². The largest absolute Gasteiger partial charge is 0.455 e. The van der Waals surface area contributed by atoms with Gasteiger partial charge in [-0.3, -0.25) is 14.4 Å². The highest BCUT2D eigenvalue weighted by Gasteiger charge is 2.12. The van der Waals surface area contributed by atoms with Crippen molar-refractivity contribution in [3.8, 4) is 0 Å². The minimum Gasteiger partial charge on any atom is -0.455 e. The van der Waals surface area contributed by atoms with Crippen LogP contribution < -0.4 is 5.32 Å². The Morgan fingerprint density at radius 2 is 1.59 bits per heavy atom. The lowest BCUT2D eigenvalue weighted by Crippen LogP contribution is -2.22. The lowest BCUT2D eigenvalue weighted by Gasteiger charge is -2.11. The van der Waals surface area contributed by atoms with Gasteiger partial charge in [-0.2, -0.15) is 0 Å². The molecule has 3 aromatic rings. The highest BCUT2D eigenvalue weighted by molar-refractivity contribution is 5.96. The molecule has 3 rings (SSSR count). The molecule has 3 aromatic carbocycles. The van der Waals surface area contributed by atoms with Gasteiger partial charge in [-0.05, 0) is 40.6 Å². The summed E-state index contributed by atoms with van der Waals surface area (Å²) in [5.41, 5.74) is 1.90. The number of esters is 1. The molecule has 29 heavy (non-hydrogen) atoms. The van der Waals surface area contributed by atoms with Crippen molar-refractivity contribution in [1.29, 1.82) is 0 Å². The van der Waals surface area contributed by atoms with E-state index in [0.29, 0.717) is 11.3 Å². The molecular formula is C23H22N2O4. The fourth-order valence-electron chi connectivity index (χ4n) is 2.95. The number of carbonyl (C=O) groups is 3. The number of ether oxygens (including phenoxy) is 1. The van der Waals surface area contributed by atoms with Crippen LogP contribution in [0.2, 0.25) is 0 Å². The highest BCUT2D eigenvalue weighted by Crippen LogP contribution is 2.19. The van der Waals surface area contributed by atoms with Crippen LogP contribution >= 0.6 is 0 Å². The standard InChI is InChI=1S/C23H22N2O4/c1-25(2)23(28)17-10-12-19(13-11-17)24-21(26)15-29-22(27)14-18-8-5-7-16-6-3-4-9-20(16)18/h3-13H,14-15H2,1-2H3,(H,24,26). The van der Waals surface area contributed by atoms with Crippen LogP contribution in [0.4, 0.5) is 5.69 Å². The second kappa shape index (κ2) is 9.01. The molecule has 6 nitrogen and oxygen atoms in total. The molecule has 2 amide bonds. The van der Waals surface area contributed by atoms with Crippen molar-refractivity contribution < 1.29 is 19.1 Å². The van der Waals surface area contributed by atoms with E-state index in [4.69, 9.17) is 4.74 Å². The van der Waals surface area contributed by atoms with Crippen molar-refractivity contribution in [3.63, 3.8) is 0 Å². The molecule has 148 valence electrons. The molecule has 6 heteroatoms. The summed E-state index contributed by atoms with van der Waals surface area (Å²) in [7, 11) is 3.34. The SMILES string of the molecule is CN(C)C(=O)c1ccc(NC(=O)COC(=O)Cc2cccc3ccccc23)cc1. The van der Waals surface area contributed by atoms with Crippen molar-refractivity contribution in [2.45, 2.75) is 6.42 Å². The number of nitrogens with one attached hydrogen (secondary N) is 1. The quantitative estimate of drug-likeness (QED) is 0.656. The molecule has 0 unspecified atom stereocenters. The molecule has 0 aliphatic heterocycles. The summed E-state index contributed by atoms with van der Waals surface area (Å²) in [4.78, 5) is 37.5. The summed E-state index contributed by atoms with van der Waals surface area (Å²) in [6, 6.07) is 20.1. The molecule has 0 fully saturated rings. The molecule has 0 heterocycles. The summed E-state index contributed by atoms with van der Waals surface area (Å²) in [6.07, 6.45) is 0.0932. The maximum Gasteiger partial charge on any atom is 0.310 e. The van der Waals surface area contributed by atoms with E-state index in [1.807, 2.05) is 42.5 Å². The number of carbonyl (C=O) groups excluding carboxylic acids is 3. The van der Waals surface area contributed by atoms with Gasteiger partial charge >= 0.3 is 5.97 Å². The molecule has 0 saturated carbocycles. The van der Waals surface area contributed by atoms with Gasteiger partial charge in [0.05, 0.1) is 6.42 Å². The molecule has 0 aliphatic rings. The molecule has 0 saturated heterocycles. The minimum absolute atomic E-state index is 0.0932. The fraction of sp³-hybridized carbons (Fsp3) is 0.174. The van der Waals surface area contributed by atoms with Crippen LogP contribution in [0, 0.1) is 0 Å². The molecule has 0 aromatic heterocycles. The predicted octanol–water partition coefficient (Wildman–Crippen LogP) is 3.27. The normalized spacial score (nSPS) is 10.4. The maximum absolute atomic E-state index is 12.2. The van der Waals surface area contributed by atoms with E-state index in [1.165, 1.54) is 4.90 Å². The topological polar surface area (TPSA) is 75.7 Å². The van der Waals surface area contributed by atoms with E-state index in [9.17, 15) is 14.4 Å². The Hall–Kier alpha value is -3.67. The first-order valence-electron chi connectivity index (χ1n) is 9.18. The summed E-state index contributed by atoms with van der Waals surface area (Å²) in [5.74, 6) is -1.03. The smallest absolute Gasteiger partial charge is 0.310 e. The van der Waals surface area contributed by atoms with Crippen LogP contribution in [-0.4, -0.2) is 43.4 Å². The molecule has 0 radical (unpaired) electrons. The molecule has 0 aliphatic carbocycles. The maximum atomic E-state index is 12.2. The Kier molecular flexibility index (Phi) is 6.24. The number of nitrogens with zero attached hydrogens (tertiary/aromatic N) is 1. The van der Waals surface area contributed by atoms with E-state index in [-0.39, 0.29) is 18.9 Å². The first-order chi connectivity index (χ1) is 13.9. The van der Waals surface area contributed by atoms with Crippen molar-refractivity contribution in [2.24, 2.45) is 0 Å². The molecule has 0 spiro atoms. The molecule has 0 bridgehead atoms. The van der Waals surface area contributed by atoms with Gasteiger partial charge < -0.3 is 15.0 Å². The van der Waals surface area contributed by atoms with Gasteiger partial charge in [0, 0.05) is 25.3 Å². The van der Waals surface area contributed by atoms with Crippen molar-refractivity contribution in [3.05, 3.63) is 77.9 Å². The van der Waals surface area contributed by atoms with E-state index in [2.05, 4.69) is 5.32 Å². The lowest BCUT2D eigenvalue weighted by atomic mass is 10.0. The van der Waals surface area contributed by atoms with Crippen LogP contribution in [0.25, 0.3) is 10.8 Å². The minimum atomic E-state index is -0.469. The molecular weight excluding hydrogens is 368 g/mol. The zero-order valence-electron chi connectivity index (χ0n) is 16.3. The van der Waals surface area contributed by atoms with Gasteiger partial charge in [0.1, 0.15) is 0 Å². The van der Waals surface area contributed by atoms with Crippen LogP contribution in [0.1, 0.15) is 15.9 Å². The van der Waals surface area contributed by atoms with E-state index in [1.54, 1.807) is 38.4 Å². The number of amides is 2. The van der Waals surface area contributed by atoms with Gasteiger partial charge in [-0.25, -0.2) is 0 Å². The van der Waals surface area contributed by atoms with Crippen molar-refractivity contribution in [2.75, 3.05) is 26.0 Å². The Balaban J connectivity index is 1.52. The predicted molar refractivity (Wildman–Crippen MR) is 112 cm³/mol. The van der Waals surface area contributed by atoms with Gasteiger partial charge in [0.2, 0.25) is 0 Å². The Morgan fingerprint density at radius 1 is 0.897 bits per heavy atom. The van der Waals surface area contributed by atoms with Crippen molar-refractivity contribution in [1.82, 2.24) is 4.90 Å². The zero-order chi connectivity index (χ0) is 20.8. The number of anilines is 1. The average molecular weight is 390 g/mol. The first kappa shape index (κ1) is 20.1.